The van der Waals surface area contributed by atoms with Gasteiger partial charge in [0.25, 0.3) is 0 Å². The first-order chi connectivity index (χ1) is 9.72. The second-order valence-corrected chi connectivity index (χ2v) is 7.96. The minimum Gasteiger partial charge on any atom is -0.396 e. The Morgan fingerprint density at radius 1 is 1.29 bits per heavy atom. The number of aryl methyl sites for hydroxylation is 2. The van der Waals surface area contributed by atoms with Crippen molar-refractivity contribution in [1.82, 2.24) is 4.72 Å². The zero-order chi connectivity index (χ0) is 15.8. The highest BCUT2D eigenvalue weighted by atomic mass is 32.2. The van der Waals surface area contributed by atoms with Gasteiger partial charge in [0.2, 0.25) is 10.0 Å². The van der Waals surface area contributed by atoms with Gasteiger partial charge >= 0.3 is 0 Å². The van der Waals surface area contributed by atoms with E-state index in [9.17, 15) is 12.8 Å². The van der Waals surface area contributed by atoms with Crippen LogP contribution in [0.25, 0.3) is 0 Å². The molecule has 0 saturated carbocycles. The summed E-state index contributed by atoms with van der Waals surface area (Å²) in [5.74, 6) is -0.599. The lowest BCUT2D eigenvalue weighted by Gasteiger charge is -2.14. The molecule has 0 aliphatic carbocycles. The van der Waals surface area contributed by atoms with Crippen LogP contribution in [0.5, 0.6) is 0 Å². The summed E-state index contributed by atoms with van der Waals surface area (Å²) in [6.45, 7) is 5.23. The SMILES string of the molecule is Cc1ccc(CNS(=O)(=O)c2c(C)cc(F)c(N)c2C)s1. The molecule has 1 aromatic carbocycles. The van der Waals surface area contributed by atoms with Gasteiger partial charge in [-0.1, -0.05) is 0 Å². The Labute approximate surface area is 127 Å². The van der Waals surface area contributed by atoms with Gasteiger partial charge in [0.1, 0.15) is 5.82 Å². The normalized spacial score (nSPS) is 11.8. The highest BCUT2D eigenvalue weighted by Gasteiger charge is 2.22. The van der Waals surface area contributed by atoms with Gasteiger partial charge in [-0.3, -0.25) is 0 Å². The third-order valence-electron chi connectivity index (χ3n) is 3.20. The molecule has 0 amide bonds. The van der Waals surface area contributed by atoms with Crippen LogP contribution < -0.4 is 10.5 Å². The Morgan fingerprint density at radius 2 is 1.95 bits per heavy atom. The number of thiophene rings is 1. The Bertz CT molecular complexity index is 783. The molecule has 0 bridgehead atoms. The number of anilines is 1. The number of rotatable bonds is 4. The number of sulfonamides is 1. The van der Waals surface area contributed by atoms with E-state index < -0.39 is 15.8 Å². The van der Waals surface area contributed by atoms with Gasteiger partial charge in [-0.05, 0) is 50.1 Å². The van der Waals surface area contributed by atoms with E-state index in [1.807, 2.05) is 19.1 Å². The van der Waals surface area contributed by atoms with Gasteiger partial charge in [0, 0.05) is 16.3 Å². The molecule has 0 unspecified atom stereocenters. The average Bonchev–Trinajstić information content (AvgIpc) is 2.79. The lowest BCUT2D eigenvalue weighted by atomic mass is 10.1. The zero-order valence-electron chi connectivity index (χ0n) is 12.0. The predicted molar refractivity (Wildman–Crippen MR) is 83.4 cm³/mol. The fraction of sp³-hybridized carbons (Fsp3) is 0.286. The first-order valence-electron chi connectivity index (χ1n) is 6.32. The minimum atomic E-state index is -3.74. The Hall–Kier alpha value is -1.44. The van der Waals surface area contributed by atoms with Crippen LogP contribution in [0.15, 0.2) is 23.1 Å². The molecule has 21 heavy (non-hydrogen) atoms. The van der Waals surface area contributed by atoms with Crippen molar-refractivity contribution in [2.75, 3.05) is 5.73 Å². The van der Waals surface area contributed by atoms with Crippen LogP contribution in [0, 0.1) is 26.6 Å². The van der Waals surface area contributed by atoms with Gasteiger partial charge in [0.05, 0.1) is 10.6 Å². The van der Waals surface area contributed by atoms with Crippen molar-refractivity contribution in [3.05, 3.63) is 44.9 Å². The zero-order valence-corrected chi connectivity index (χ0v) is 13.7. The summed E-state index contributed by atoms with van der Waals surface area (Å²) in [5.41, 5.74) is 6.04. The van der Waals surface area contributed by atoms with Gasteiger partial charge < -0.3 is 5.73 Å². The first-order valence-corrected chi connectivity index (χ1v) is 8.62. The van der Waals surface area contributed by atoms with Crippen molar-refractivity contribution in [3.63, 3.8) is 0 Å². The molecule has 2 aromatic rings. The maximum atomic E-state index is 13.5. The minimum absolute atomic E-state index is 0.0506. The van der Waals surface area contributed by atoms with Gasteiger partial charge in [-0.2, -0.15) is 0 Å². The van der Waals surface area contributed by atoms with Crippen LogP contribution in [-0.2, 0) is 16.6 Å². The molecule has 114 valence electrons. The van der Waals surface area contributed by atoms with Crippen molar-refractivity contribution in [3.8, 4) is 0 Å². The van der Waals surface area contributed by atoms with E-state index in [4.69, 9.17) is 5.73 Å². The molecule has 0 saturated heterocycles. The van der Waals surface area contributed by atoms with Gasteiger partial charge in [0.15, 0.2) is 0 Å². The number of halogens is 1. The summed E-state index contributed by atoms with van der Waals surface area (Å²) >= 11 is 1.53. The maximum absolute atomic E-state index is 13.5. The largest absolute Gasteiger partial charge is 0.396 e. The number of hydrogen-bond acceptors (Lipinski definition) is 4. The van der Waals surface area contributed by atoms with E-state index in [0.717, 1.165) is 15.8 Å². The lowest BCUT2D eigenvalue weighted by molar-refractivity contribution is 0.579. The third-order valence-corrected chi connectivity index (χ3v) is 5.90. The number of nitrogens with two attached hydrogens (primary N) is 1. The van der Waals surface area contributed by atoms with Crippen LogP contribution in [0.1, 0.15) is 20.9 Å². The summed E-state index contributed by atoms with van der Waals surface area (Å²) in [5, 5.41) is 0. The molecule has 7 heteroatoms. The number of benzene rings is 1. The fourth-order valence-electron chi connectivity index (χ4n) is 2.16. The maximum Gasteiger partial charge on any atom is 0.241 e. The van der Waals surface area contributed by atoms with Crippen molar-refractivity contribution in [2.24, 2.45) is 0 Å². The first kappa shape index (κ1) is 15.9. The molecule has 2 rings (SSSR count). The lowest BCUT2D eigenvalue weighted by Crippen LogP contribution is -2.25. The number of nitrogen functional groups attached to an aromatic ring is 1. The molecule has 1 heterocycles. The molecule has 4 nitrogen and oxygen atoms in total. The molecule has 0 atom stereocenters. The molecule has 0 spiro atoms. The summed E-state index contributed by atoms with van der Waals surface area (Å²) in [7, 11) is -3.74. The molecule has 0 aliphatic heterocycles. The van der Waals surface area contributed by atoms with Crippen LogP contribution in [-0.4, -0.2) is 8.42 Å². The molecular weight excluding hydrogens is 311 g/mol. The van der Waals surface area contributed by atoms with E-state index in [1.165, 1.54) is 18.3 Å². The van der Waals surface area contributed by atoms with Gasteiger partial charge in [-0.25, -0.2) is 17.5 Å². The highest BCUT2D eigenvalue weighted by molar-refractivity contribution is 7.89. The number of nitrogens with one attached hydrogen (secondary N) is 1. The molecule has 0 fully saturated rings. The number of hydrogen-bond donors (Lipinski definition) is 2. The summed E-state index contributed by atoms with van der Waals surface area (Å²) in [6.07, 6.45) is 0. The molecular formula is C14H17FN2O2S2. The summed E-state index contributed by atoms with van der Waals surface area (Å²) in [4.78, 5) is 2.08. The average molecular weight is 328 g/mol. The summed E-state index contributed by atoms with van der Waals surface area (Å²) < 4.78 is 40.9. The van der Waals surface area contributed by atoms with Gasteiger partial charge in [-0.15, -0.1) is 11.3 Å². The van der Waals surface area contributed by atoms with E-state index in [-0.39, 0.29) is 22.7 Å². The highest BCUT2D eigenvalue weighted by Crippen LogP contribution is 2.27. The second kappa shape index (κ2) is 5.75. The van der Waals surface area contributed by atoms with Crippen LogP contribution >= 0.6 is 11.3 Å². The predicted octanol–water partition coefficient (Wildman–Crippen LogP) is 2.87. The smallest absolute Gasteiger partial charge is 0.241 e. The molecule has 3 N–H and O–H groups in total. The van der Waals surface area contributed by atoms with Crippen LogP contribution in [0.2, 0.25) is 0 Å². The topological polar surface area (TPSA) is 72.2 Å². The quantitative estimate of drug-likeness (QED) is 0.848. The van der Waals surface area contributed by atoms with Crippen molar-refractivity contribution in [2.45, 2.75) is 32.2 Å². The fourth-order valence-corrected chi connectivity index (χ4v) is 4.57. The Kier molecular flexibility index (Phi) is 4.36. The van der Waals surface area contributed by atoms with E-state index in [0.29, 0.717) is 5.56 Å². The molecule has 0 aliphatic rings. The molecule has 1 aromatic heterocycles. The van der Waals surface area contributed by atoms with E-state index in [2.05, 4.69) is 4.72 Å². The van der Waals surface area contributed by atoms with E-state index >= 15 is 0 Å². The molecule has 0 radical (unpaired) electrons. The third kappa shape index (κ3) is 3.25. The Balaban J connectivity index is 2.34. The van der Waals surface area contributed by atoms with Crippen LogP contribution in [0.4, 0.5) is 10.1 Å². The summed E-state index contributed by atoms with van der Waals surface area (Å²) in [6, 6.07) is 4.95. The Morgan fingerprint density at radius 3 is 2.52 bits per heavy atom. The van der Waals surface area contributed by atoms with Crippen molar-refractivity contribution in [1.29, 1.82) is 0 Å². The monoisotopic (exact) mass is 328 g/mol. The second-order valence-electron chi connectivity index (χ2n) is 4.88. The van der Waals surface area contributed by atoms with Crippen molar-refractivity contribution >= 4 is 27.0 Å². The standard InChI is InChI=1S/C14H17FN2O2S2/c1-8-6-12(15)13(16)10(3)14(8)21(18,19)17-7-11-5-4-9(2)20-11/h4-6,17H,7,16H2,1-3H3. The van der Waals surface area contributed by atoms with Crippen molar-refractivity contribution < 1.29 is 12.8 Å². The van der Waals surface area contributed by atoms with Crippen LogP contribution in [0.3, 0.4) is 0 Å². The van der Waals surface area contributed by atoms with E-state index in [1.54, 1.807) is 6.92 Å².